The quantitative estimate of drug-likeness (QED) is 0.686. The lowest BCUT2D eigenvalue weighted by molar-refractivity contribution is 0.553. The van der Waals surface area contributed by atoms with Crippen LogP contribution < -0.4 is 5.32 Å². The van der Waals surface area contributed by atoms with Crippen LogP contribution in [0.25, 0.3) is 0 Å². The molecule has 1 aromatic carbocycles. The summed E-state index contributed by atoms with van der Waals surface area (Å²) in [4.78, 5) is 6.83. The minimum atomic E-state index is 0.499. The summed E-state index contributed by atoms with van der Waals surface area (Å²) < 4.78 is 1.14. The van der Waals surface area contributed by atoms with Gasteiger partial charge in [0.15, 0.2) is 0 Å². The van der Waals surface area contributed by atoms with Crippen LogP contribution in [0.4, 0.5) is 0 Å². The second kappa shape index (κ2) is 8.82. The Kier molecular flexibility index (Phi) is 7.07. The van der Waals surface area contributed by atoms with E-state index in [0.717, 1.165) is 23.2 Å². The lowest BCUT2D eigenvalue weighted by atomic mass is 10.2. The van der Waals surface area contributed by atoms with E-state index in [0.29, 0.717) is 6.04 Å². The van der Waals surface area contributed by atoms with Crippen molar-refractivity contribution in [1.82, 2.24) is 10.3 Å². The van der Waals surface area contributed by atoms with Crippen LogP contribution in [-0.2, 0) is 6.42 Å². The van der Waals surface area contributed by atoms with Gasteiger partial charge in [-0.2, -0.15) is 0 Å². The summed E-state index contributed by atoms with van der Waals surface area (Å²) in [5.74, 6) is 1.08. The fourth-order valence-corrected chi connectivity index (χ4v) is 4.12. The van der Waals surface area contributed by atoms with Crippen LogP contribution in [0.15, 0.2) is 45.3 Å². The molecule has 0 fully saturated rings. The Morgan fingerprint density at radius 2 is 2.35 bits per heavy atom. The molecule has 0 spiro atoms. The van der Waals surface area contributed by atoms with Crippen molar-refractivity contribution in [2.24, 2.45) is 0 Å². The smallest absolute Gasteiger partial charge is 0.0794 e. The summed E-state index contributed by atoms with van der Waals surface area (Å²) in [6.07, 6.45) is 4.21. The van der Waals surface area contributed by atoms with Gasteiger partial charge in [0.25, 0.3) is 0 Å². The molecule has 1 atom stereocenters. The molecule has 1 aromatic heterocycles. The number of nitrogens with one attached hydrogen (secondary N) is 1. The summed E-state index contributed by atoms with van der Waals surface area (Å²) in [5, 5.41) is 3.64. The van der Waals surface area contributed by atoms with Gasteiger partial charge in [0.05, 0.1) is 5.51 Å². The maximum atomic E-state index is 4.16. The Morgan fingerprint density at radius 1 is 1.45 bits per heavy atom. The SMILES string of the molecule is CCCNC(CSc1cccc(Br)c1)Cc1cncs1. The van der Waals surface area contributed by atoms with Crippen LogP contribution in [0.5, 0.6) is 0 Å². The van der Waals surface area contributed by atoms with Crippen molar-refractivity contribution in [3.8, 4) is 0 Å². The van der Waals surface area contributed by atoms with Gasteiger partial charge in [-0.1, -0.05) is 28.9 Å². The fraction of sp³-hybridized carbons (Fsp3) is 0.400. The Balaban J connectivity index is 1.89. The van der Waals surface area contributed by atoms with E-state index in [9.17, 15) is 0 Å². The largest absolute Gasteiger partial charge is 0.313 e. The van der Waals surface area contributed by atoms with Gasteiger partial charge in [-0.25, -0.2) is 0 Å². The lowest BCUT2D eigenvalue weighted by Gasteiger charge is -2.17. The second-order valence-electron chi connectivity index (χ2n) is 4.59. The third-order valence-corrected chi connectivity index (χ3v) is 5.31. The van der Waals surface area contributed by atoms with Crippen molar-refractivity contribution in [3.63, 3.8) is 0 Å². The molecule has 20 heavy (non-hydrogen) atoms. The molecule has 0 saturated heterocycles. The maximum absolute atomic E-state index is 4.16. The Bertz CT molecular complexity index is 502. The van der Waals surface area contributed by atoms with Gasteiger partial charge >= 0.3 is 0 Å². The number of nitrogens with zero attached hydrogens (tertiary/aromatic N) is 1. The minimum absolute atomic E-state index is 0.499. The lowest BCUT2D eigenvalue weighted by Crippen LogP contribution is -2.33. The number of halogens is 1. The topological polar surface area (TPSA) is 24.9 Å². The molecule has 0 aliphatic carbocycles. The molecule has 2 rings (SSSR count). The first-order chi connectivity index (χ1) is 9.78. The van der Waals surface area contributed by atoms with E-state index in [1.165, 1.54) is 16.2 Å². The van der Waals surface area contributed by atoms with Crippen LogP contribution in [0.2, 0.25) is 0 Å². The van der Waals surface area contributed by atoms with E-state index < -0.39 is 0 Å². The summed E-state index contributed by atoms with van der Waals surface area (Å²) in [6.45, 7) is 3.28. The van der Waals surface area contributed by atoms with E-state index in [1.54, 1.807) is 11.3 Å². The molecule has 0 amide bonds. The standard InChI is InChI=1S/C15H19BrN2S2/c1-2-6-18-13(8-15-9-17-11-20-15)10-19-14-5-3-4-12(16)7-14/h3-5,7,9,11,13,18H,2,6,8,10H2,1H3. The molecule has 5 heteroatoms. The highest BCUT2D eigenvalue weighted by Gasteiger charge is 2.10. The van der Waals surface area contributed by atoms with E-state index >= 15 is 0 Å². The molecule has 0 bridgehead atoms. The van der Waals surface area contributed by atoms with E-state index in [-0.39, 0.29) is 0 Å². The molecule has 2 aromatic rings. The Morgan fingerprint density at radius 3 is 3.05 bits per heavy atom. The Hall–Kier alpha value is -0.360. The van der Waals surface area contributed by atoms with Gasteiger partial charge < -0.3 is 5.32 Å². The average Bonchev–Trinajstić information content (AvgIpc) is 2.95. The molecule has 1 N–H and O–H groups in total. The van der Waals surface area contributed by atoms with Gasteiger partial charge in [-0.05, 0) is 37.6 Å². The molecule has 1 heterocycles. The third-order valence-electron chi connectivity index (χ3n) is 2.86. The van der Waals surface area contributed by atoms with Crippen molar-refractivity contribution >= 4 is 39.0 Å². The number of aromatic nitrogens is 1. The fourth-order valence-electron chi connectivity index (χ4n) is 1.88. The highest BCUT2D eigenvalue weighted by molar-refractivity contribution is 9.10. The molecule has 0 radical (unpaired) electrons. The molecule has 2 nitrogen and oxygen atoms in total. The number of benzene rings is 1. The van der Waals surface area contributed by atoms with E-state index in [2.05, 4.69) is 57.4 Å². The molecular formula is C15H19BrN2S2. The van der Waals surface area contributed by atoms with Gasteiger partial charge in [0.1, 0.15) is 0 Å². The molecule has 108 valence electrons. The van der Waals surface area contributed by atoms with Crippen LogP contribution in [0.1, 0.15) is 18.2 Å². The zero-order valence-corrected chi connectivity index (χ0v) is 14.7. The number of hydrogen-bond donors (Lipinski definition) is 1. The van der Waals surface area contributed by atoms with Gasteiger partial charge in [-0.15, -0.1) is 23.1 Å². The molecule has 0 aliphatic heterocycles. The van der Waals surface area contributed by atoms with Crippen molar-refractivity contribution in [2.75, 3.05) is 12.3 Å². The van der Waals surface area contributed by atoms with Crippen LogP contribution >= 0.6 is 39.0 Å². The highest BCUT2D eigenvalue weighted by atomic mass is 79.9. The molecular weight excluding hydrogens is 352 g/mol. The van der Waals surface area contributed by atoms with Gasteiger partial charge in [-0.3, -0.25) is 4.98 Å². The molecule has 0 saturated carbocycles. The summed E-state index contributed by atoms with van der Waals surface area (Å²) in [6, 6.07) is 8.99. The second-order valence-corrected chi connectivity index (χ2v) is 7.57. The summed E-state index contributed by atoms with van der Waals surface area (Å²) in [5.41, 5.74) is 1.91. The zero-order chi connectivity index (χ0) is 14.2. The normalized spacial score (nSPS) is 12.5. The molecule has 0 aliphatic rings. The number of thiazole rings is 1. The summed E-state index contributed by atoms with van der Waals surface area (Å²) in [7, 11) is 0. The predicted octanol–water partition coefficient (Wildman–Crippen LogP) is 4.61. The van der Waals surface area contributed by atoms with Gasteiger partial charge in [0.2, 0.25) is 0 Å². The van der Waals surface area contributed by atoms with Crippen LogP contribution in [-0.4, -0.2) is 23.3 Å². The van der Waals surface area contributed by atoms with Crippen molar-refractivity contribution in [2.45, 2.75) is 30.7 Å². The highest BCUT2D eigenvalue weighted by Crippen LogP contribution is 2.23. The first kappa shape index (κ1) is 16.0. The predicted molar refractivity (Wildman–Crippen MR) is 92.8 cm³/mol. The van der Waals surface area contributed by atoms with Crippen LogP contribution in [0, 0.1) is 0 Å². The first-order valence-corrected chi connectivity index (χ1v) is 9.43. The van der Waals surface area contributed by atoms with E-state index in [4.69, 9.17) is 0 Å². The number of rotatable bonds is 8. The van der Waals surface area contributed by atoms with Crippen LogP contribution in [0.3, 0.4) is 0 Å². The van der Waals surface area contributed by atoms with Crippen molar-refractivity contribution < 1.29 is 0 Å². The van der Waals surface area contributed by atoms with Crippen molar-refractivity contribution in [1.29, 1.82) is 0 Å². The van der Waals surface area contributed by atoms with Gasteiger partial charge in [0, 0.05) is 32.2 Å². The first-order valence-electron chi connectivity index (χ1n) is 6.77. The zero-order valence-electron chi connectivity index (χ0n) is 11.5. The Labute approximate surface area is 137 Å². The molecule has 1 unspecified atom stereocenters. The number of hydrogen-bond acceptors (Lipinski definition) is 4. The minimum Gasteiger partial charge on any atom is -0.313 e. The summed E-state index contributed by atoms with van der Waals surface area (Å²) >= 11 is 7.17. The third kappa shape index (κ3) is 5.56. The monoisotopic (exact) mass is 370 g/mol. The van der Waals surface area contributed by atoms with Crippen molar-refractivity contribution in [3.05, 3.63) is 45.3 Å². The average molecular weight is 371 g/mol. The van der Waals surface area contributed by atoms with E-state index in [1.807, 2.05) is 23.5 Å². The number of thioether (sulfide) groups is 1. The maximum Gasteiger partial charge on any atom is 0.0794 e.